The van der Waals surface area contributed by atoms with Gasteiger partial charge in [-0.3, -0.25) is 4.98 Å². The van der Waals surface area contributed by atoms with E-state index in [1.807, 2.05) is 12.1 Å². The van der Waals surface area contributed by atoms with E-state index in [0.29, 0.717) is 18.2 Å². The minimum Gasteiger partial charge on any atom is -0.367 e. The topological polar surface area (TPSA) is 88.1 Å². The second-order valence-corrected chi connectivity index (χ2v) is 8.25. The summed E-state index contributed by atoms with van der Waals surface area (Å²) in [6.07, 6.45) is 6.53. The highest BCUT2D eigenvalue weighted by molar-refractivity contribution is 7.90. The van der Waals surface area contributed by atoms with E-state index in [-0.39, 0.29) is 5.75 Å². The number of pyridine rings is 1. The van der Waals surface area contributed by atoms with Gasteiger partial charge >= 0.3 is 0 Å². The molecule has 0 amide bonds. The Hall–Kier alpha value is -1.80. The highest BCUT2D eigenvalue weighted by Crippen LogP contribution is 2.17. The normalized spacial score (nSPS) is 17.4. The minimum atomic E-state index is -2.89. The molecule has 7 nitrogen and oxygen atoms in total. The van der Waals surface area contributed by atoms with Crippen LogP contribution in [0, 0.1) is 0 Å². The molecule has 3 rings (SSSR count). The monoisotopic (exact) mass is 335 g/mol. The van der Waals surface area contributed by atoms with Gasteiger partial charge in [-0.1, -0.05) is 0 Å². The molecule has 3 heterocycles. The van der Waals surface area contributed by atoms with Gasteiger partial charge in [0.1, 0.15) is 21.2 Å². The van der Waals surface area contributed by atoms with E-state index in [1.165, 1.54) is 6.26 Å². The zero-order valence-corrected chi connectivity index (χ0v) is 14.0. The van der Waals surface area contributed by atoms with Crippen LogP contribution in [0.2, 0.25) is 0 Å². The molecule has 124 valence electrons. The summed E-state index contributed by atoms with van der Waals surface area (Å²) in [6, 6.07) is 4.19. The highest BCUT2D eigenvalue weighted by Gasteiger charge is 2.20. The largest absolute Gasteiger partial charge is 0.367 e. The van der Waals surface area contributed by atoms with Gasteiger partial charge in [-0.15, -0.1) is 0 Å². The average Bonchev–Trinajstić information content (AvgIpc) is 2.53. The molecule has 2 aromatic heterocycles. The predicted molar refractivity (Wildman–Crippen MR) is 90.1 cm³/mol. The molecule has 1 fully saturated rings. The third-order valence-corrected chi connectivity index (χ3v) is 4.97. The van der Waals surface area contributed by atoms with Crippen LogP contribution in [0.25, 0.3) is 11.2 Å². The second kappa shape index (κ2) is 6.76. The van der Waals surface area contributed by atoms with Crippen LogP contribution in [-0.2, 0) is 9.84 Å². The molecule has 0 atom stereocenters. The smallest absolute Gasteiger partial charge is 0.180 e. The van der Waals surface area contributed by atoms with E-state index in [9.17, 15) is 8.42 Å². The van der Waals surface area contributed by atoms with E-state index in [0.717, 1.165) is 37.3 Å². The number of hydrogen-bond acceptors (Lipinski definition) is 7. The maximum Gasteiger partial charge on any atom is 0.180 e. The quantitative estimate of drug-likeness (QED) is 0.870. The van der Waals surface area contributed by atoms with Crippen molar-refractivity contribution in [2.75, 3.05) is 37.0 Å². The van der Waals surface area contributed by atoms with Crippen LogP contribution in [0.4, 0.5) is 5.82 Å². The van der Waals surface area contributed by atoms with Crippen LogP contribution < -0.4 is 5.32 Å². The lowest BCUT2D eigenvalue weighted by molar-refractivity contribution is 0.230. The molecule has 0 radical (unpaired) electrons. The van der Waals surface area contributed by atoms with Crippen molar-refractivity contribution in [3.8, 4) is 0 Å². The highest BCUT2D eigenvalue weighted by atomic mass is 32.2. The maximum atomic E-state index is 11.2. The number of aromatic nitrogens is 3. The number of nitrogens with zero attached hydrogens (tertiary/aromatic N) is 4. The molecule has 0 aliphatic carbocycles. The summed E-state index contributed by atoms with van der Waals surface area (Å²) in [7, 11) is -2.89. The van der Waals surface area contributed by atoms with Crippen molar-refractivity contribution in [3.05, 3.63) is 24.5 Å². The van der Waals surface area contributed by atoms with E-state index in [2.05, 4.69) is 25.2 Å². The van der Waals surface area contributed by atoms with Crippen molar-refractivity contribution in [2.45, 2.75) is 18.9 Å². The summed E-state index contributed by atoms with van der Waals surface area (Å²) in [5.41, 5.74) is 1.43. The number of sulfone groups is 1. The van der Waals surface area contributed by atoms with Gasteiger partial charge in [0.2, 0.25) is 0 Å². The standard InChI is InChI=1S/C15H21N5O2S/c1-23(21,22)11-10-20-8-4-12(5-9-20)18-14-3-2-13-15(19-14)17-7-6-16-13/h2-3,6-7,12H,4-5,8-11H2,1H3,(H,17,18,19). The Labute approximate surface area is 136 Å². The zero-order chi connectivity index (χ0) is 16.3. The second-order valence-electron chi connectivity index (χ2n) is 5.99. The maximum absolute atomic E-state index is 11.2. The summed E-state index contributed by atoms with van der Waals surface area (Å²) in [5.74, 6) is 1.04. The SMILES string of the molecule is CS(=O)(=O)CCN1CCC(Nc2ccc3nccnc3n2)CC1. The molecule has 2 aromatic rings. The Balaban J connectivity index is 1.53. The minimum absolute atomic E-state index is 0.232. The molecule has 1 saturated heterocycles. The fourth-order valence-electron chi connectivity index (χ4n) is 2.74. The zero-order valence-electron chi connectivity index (χ0n) is 13.1. The summed E-state index contributed by atoms with van der Waals surface area (Å²) < 4.78 is 22.5. The van der Waals surface area contributed by atoms with Gasteiger partial charge in [0.25, 0.3) is 0 Å². The number of hydrogen-bond donors (Lipinski definition) is 1. The van der Waals surface area contributed by atoms with Gasteiger partial charge in [-0.25, -0.2) is 18.4 Å². The lowest BCUT2D eigenvalue weighted by atomic mass is 10.1. The molecule has 0 bridgehead atoms. The van der Waals surface area contributed by atoms with Crippen molar-refractivity contribution in [1.82, 2.24) is 19.9 Å². The van der Waals surface area contributed by atoms with Gasteiger partial charge in [0.15, 0.2) is 5.65 Å². The van der Waals surface area contributed by atoms with Crippen molar-refractivity contribution < 1.29 is 8.42 Å². The fourth-order valence-corrected chi connectivity index (χ4v) is 3.33. The Morgan fingerprint density at radius 2 is 1.96 bits per heavy atom. The Morgan fingerprint density at radius 3 is 2.70 bits per heavy atom. The van der Waals surface area contributed by atoms with Crippen LogP contribution in [-0.4, -0.2) is 66.0 Å². The summed E-state index contributed by atoms with van der Waals surface area (Å²) in [5, 5.41) is 3.44. The molecule has 0 spiro atoms. The Kier molecular flexibility index (Phi) is 4.72. The van der Waals surface area contributed by atoms with E-state index >= 15 is 0 Å². The first-order valence-corrected chi connectivity index (χ1v) is 9.80. The van der Waals surface area contributed by atoms with Gasteiger partial charge in [0, 0.05) is 44.3 Å². The number of nitrogens with one attached hydrogen (secondary N) is 1. The molecule has 8 heteroatoms. The van der Waals surface area contributed by atoms with Crippen molar-refractivity contribution in [2.24, 2.45) is 0 Å². The molecule has 1 N–H and O–H groups in total. The first kappa shape index (κ1) is 16.1. The third kappa shape index (κ3) is 4.59. The summed E-state index contributed by atoms with van der Waals surface area (Å²) in [6.45, 7) is 2.43. The number of piperidine rings is 1. The molecule has 23 heavy (non-hydrogen) atoms. The summed E-state index contributed by atoms with van der Waals surface area (Å²) in [4.78, 5) is 15.1. The Bertz CT molecular complexity index is 772. The van der Waals surface area contributed by atoms with Gasteiger partial charge < -0.3 is 10.2 Å². The number of fused-ring (bicyclic) bond motifs is 1. The molecule has 0 unspecified atom stereocenters. The summed E-state index contributed by atoms with van der Waals surface area (Å²) >= 11 is 0. The van der Waals surface area contributed by atoms with Crippen LogP contribution in [0.5, 0.6) is 0 Å². The van der Waals surface area contributed by atoms with Gasteiger partial charge in [-0.05, 0) is 25.0 Å². The average molecular weight is 335 g/mol. The molecule has 1 aliphatic rings. The fraction of sp³-hybridized carbons (Fsp3) is 0.533. The van der Waals surface area contributed by atoms with Crippen molar-refractivity contribution in [1.29, 1.82) is 0 Å². The van der Waals surface area contributed by atoms with Crippen molar-refractivity contribution >= 4 is 26.8 Å². The van der Waals surface area contributed by atoms with Gasteiger partial charge in [-0.2, -0.15) is 0 Å². The van der Waals surface area contributed by atoms with Crippen LogP contribution in [0.15, 0.2) is 24.5 Å². The molecule has 0 saturated carbocycles. The van der Waals surface area contributed by atoms with Crippen LogP contribution >= 0.6 is 0 Å². The molecule has 0 aromatic carbocycles. The number of rotatable bonds is 5. The van der Waals surface area contributed by atoms with Crippen LogP contribution in [0.3, 0.4) is 0 Å². The predicted octanol–water partition coefficient (Wildman–Crippen LogP) is 0.946. The lowest BCUT2D eigenvalue weighted by Crippen LogP contribution is -2.41. The van der Waals surface area contributed by atoms with E-state index in [1.54, 1.807) is 12.4 Å². The third-order valence-electron chi connectivity index (χ3n) is 4.05. The lowest BCUT2D eigenvalue weighted by Gasteiger charge is -2.32. The van der Waals surface area contributed by atoms with E-state index < -0.39 is 9.84 Å². The first-order chi connectivity index (χ1) is 11.0. The number of anilines is 1. The van der Waals surface area contributed by atoms with Gasteiger partial charge in [0.05, 0.1) is 5.75 Å². The number of likely N-dealkylation sites (tertiary alicyclic amines) is 1. The molecular weight excluding hydrogens is 314 g/mol. The van der Waals surface area contributed by atoms with E-state index in [4.69, 9.17) is 0 Å². The first-order valence-electron chi connectivity index (χ1n) is 7.74. The van der Waals surface area contributed by atoms with Crippen LogP contribution in [0.1, 0.15) is 12.8 Å². The molecule has 1 aliphatic heterocycles. The Morgan fingerprint density at radius 1 is 1.22 bits per heavy atom. The van der Waals surface area contributed by atoms with Crippen molar-refractivity contribution in [3.63, 3.8) is 0 Å². The molecular formula is C15H21N5O2S.